The summed E-state index contributed by atoms with van der Waals surface area (Å²) < 4.78 is 47.0. The van der Waals surface area contributed by atoms with Crippen molar-refractivity contribution in [2.24, 2.45) is 0 Å². The van der Waals surface area contributed by atoms with E-state index in [2.05, 4.69) is 0 Å². The second-order valence-corrected chi connectivity index (χ2v) is 8.90. The molecule has 0 aliphatic rings. The minimum Gasteiger partial charge on any atom is -0.467 e. The molecule has 0 bridgehead atoms. The van der Waals surface area contributed by atoms with Crippen molar-refractivity contribution in [2.45, 2.75) is 31.8 Å². The zero-order valence-electron chi connectivity index (χ0n) is 17.5. The minimum absolute atomic E-state index is 0.112. The standard InChI is InChI=1S/C23H25FN2O4S/c1-3-26(4-2)31(28,29)20-12-13-22(24)21(15-20)23(27)25(17-19-11-8-14-30-19)16-18-9-6-5-7-10-18/h5-15H,3-4,16-17H2,1-2H3. The first-order chi connectivity index (χ1) is 14.9. The number of hydrogen-bond donors (Lipinski definition) is 0. The van der Waals surface area contributed by atoms with Gasteiger partial charge in [0.2, 0.25) is 10.0 Å². The first kappa shape index (κ1) is 22.7. The second kappa shape index (κ2) is 9.89. The van der Waals surface area contributed by atoms with Gasteiger partial charge in [0.1, 0.15) is 11.6 Å². The monoisotopic (exact) mass is 444 g/mol. The summed E-state index contributed by atoms with van der Waals surface area (Å²) in [7, 11) is -3.83. The lowest BCUT2D eigenvalue weighted by Gasteiger charge is -2.23. The summed E-state index contributed by atoms with van der Waals surface area (Å²) in [4.78, 5) is 14.6. The number of sulfonamides is 1. The first-order valence-corrected chi connectivity index (χ1v) is 11.5. The molecule has 31 heavy (non-hydrogen) atoms. The molecule has 0 aliphatic carbocycles. The summed E-state index contributed by atoms with van der Waals surface area (Å²) >= 11 is 0. The molecule has 1 amide bonds. The summed E-state index contributed by atoms with van der Waals surface area (Å²) in [6.07, 6.45) is 1.50. The molecule has 0 fully saturated rings. The van der Waals surface area contributed by atoms with Crippen molar-refractivity contribution in [1.82, 2.24) is 9.21 Å². The molecule has 0 saturated heterocycles. The quantitative estimate of drug-likeness (QED) is 0.494. The van der Waals surface area contributed by atoms with E-state index in [1.807, 2.05) is 30.3 Å². The van der Waals surface area contributed by atoms with E-state index < -0.39 is 21.7 Å². The van der Waals surface area contributed by atoms with Gasteiger partial charge in [-0.3, -0.25) is 4.79 Å². The molecule has 0 saturated carbocycles. The van der Waals surface area contributed by atoms with Gasteiger partial charge in [-0.05, 0) is 35.9 Å². The van der Waals surface area contributed by atoms with Gasteiger partial charge in [-0.2, -0.15) is 4.31 Å². The molecule has 3 rings (SSSR count). The van der Waals surface area contributed by atoms with Crippen LogP contribution in [0, 0.1) is 5.82 Å². The number of furan rings is 1. The molecule has 0 unspecified atom stereocenters. The van der Waals surface area contributed by atoms with E-state index in [1.165, 1.54) is 21.5 Å². The van der Waals surface area contributed by atoms with Crippen molar-refractivity contribution in [2.75, 3.05) is 13.1 Å². The third-order valence-corrected chi connectivity index (χ3v) is 6.99. The smallest absolute Gasteiger partial charge is 0.257 e. The number of nitrogens with zero attached hydrogens (tertiary/aromatic N) is 2. The highest BCUT2D eigenvalue weighted by atomic mass is 32.2. The normalized spacial score (nSPS) is 11.6. The molecule has 8 heteroatoms. The van der Waals surface area contributed by atoms with Crippen LogP contribution in [0.2, 0.25) is 0 Å². The Bertz CT molecular complexity index is 1110. The number of halogens is 1. The van der Waals surface area contributed by atoms with Gasteiger partial charge in [0.15, 0.2) is 0 Å². The Labute approximate surface area is 182 Å². The largest absolute Gasteiger partial charge is 0.467 e. The minimum atomic E-state index is -3.83. The molecule has 1 aromatic heterocycles. The van der Waals surface area contributed by atoms with E-state index in [0.29, 0.717) is 5.76 Å². The molecular weight excluding hydrogens is 419 g/mol. The molecule has 0 aliphatic heterocycles. The topological polar surface area (TPSA) is 70.8 Å². The Morgan fingerprint density at radius 3 is 2.29 bits per heavy atom. The van der Waals surface area contributed by atoms with Crippen molar-refractivity contribution < 1.29 is 22.0 Å². The highest BCUT2D eigenvalue weighted by Gasteiger charge is 2.26. The van der Waals surface area contributed by atoms with Gasteiger partial charge >= 0.3 is 0 Å². The van der Waals surface area contributed by atoms with E-state index in [0.717, 1.165) is 17.7 Å². The molecule has 0 N–H and O–H groups in total. The molecule has 0 radical (unpaired) electrons. The summed E-state index contributed by atoms with van der Waals surface area (Å²) in [5, 5.41) is 0. The summed E-state index contributed by atoms with van der Waals surface area (Å²) in [5.41, 5.74) is 0.561. The van der Waals surface area contributed by atoms with Crippen LogP contribution in [0.25, 0.3) is 0 Å². The number of hydrogen-bond acceptors (Lipinski definition) is 4. The molecule has 0 atom stereocenters. The van der Waals surface area contributed by atoms with Gasteiger partial charge in [0, 0.05) is 19.6 Å². The van der Waals surface area contributed by atoms with Crippen molar-refractivity contribution in [3.63, 3.8) is 0 Å². The van der Waals surface area contributed by atoms with Crippen molar-refractivity contribution in [3.05, 3.63) is 89.6 Å². The zero-order chi connectivity index (χ0) is 22.4. The summed E-state index contributed by atoms with van der Waals surface area (Å²) in [5.74, 6) is -0.855. The number of benzene rings is 2. The van der Waals surface area contributed by atoms with Crippen LogP contribution in [0.1, 0.15) is 35.5 Å². The fourth-order valence-corrected chi connectivity index (χ4v) is 4.79. The Morgan fingerprint density at radius 1 is 0.968 bits per heavy atom. The lowest BCUT2D eigenvalue weighted by Crippen LogP contribution is -2.32. The molecule has 3 aromatic rings. The van der Waals surface area contributed by atoms with Crippen molar-refractivity contribution in [3.8, 4) is 0 Å². The van der Waals surface area contributed by atoms with Gasteiger partial charge in [0.25, 0.3) is 5.91 Å². The fourth-order valence-electron chi connectivity index (χ4n) is 3.31. The van der Waals surface area contributed by atoms with E-state index in [4.69, 9.17) is 4.42 Å². The van der Waals surface area contributed by atoms with E-state index >= 15 is 0 Å². The highest BCUT2D eigenvalue weighted by Crippen LogP contribution is 2.22. The van der Waals surface area contributed by atoms with Crippen LogP contribution in [-0.4, -0.2) is 36.6 Å². The molecule has 164 valence electrons. The van der Waals surface area contributed by atoms with Gasteiger partial charge in [-0.1, -0.05) is 44.2 Å². The lowest BCUT2D eigenvalue weighted by molar-refractivity contribution is 0.0712. The average Bonchev–Trinajstić information content (AvgIpc) is 3.27. The predicted octanol–water partition coefficient (Wildman–Crippen LogP) is 4.29. The van der Waals surface area contributed by atoms with Crippen LogP contribution in [-0.2, 0) is 23.1 Å². The third kappa shape index (κ3) is 5.21. The second-order valence-electron chi connectivity index (χ2n) is 6.96. The van der Waals surface area contributed by atoms with Gasteiger partial charge < -0.3 is 9.32 Å². The molecule has 6 nitrogen and oxygen atoms in total. The SMILES string of the molecule is CCN(CC)S(=O)(=O)c1ccc(F)c(C(=O)N(Cc2ccccc2)Cc2ccco2)c1. The fraction of sp³-hybridized carbons (Fsp3) is 0.261. The maximum Gasteiger partial charge on any atom is 0.257 e. The molecule has 1 heterocycles. The Morgan fingerprint density at radius 2 is 1.68 bits per heavy atom. The Hall–Kier alpha value is -2.97. The van der Waals surface area contributed by atoms with Crippen LogP contribution in [0.3, 0.4) is 0 Å². The summed E-state index contributed by atoms with van der Waals surface area (Å²) in [6.45, 7) is 4.33. The van der Waals surface area contributed by atoms with Crippen molar-refractivity contribution in [1.29, 1.82) is 0 Å². The molecular formula is C23H25FN2O4S. The molecule has 2 aromatic carbocycles. The Balaban J connectivity index is 1.98. The first-order valence-electron chi connectivity index (χ1n) is 10.0. The van der Waals surface area contributed by atoms with Crippen LogP contribution in [0.15, 0.2) is 76.2 Å². The Kier molecular flexibility index (Phi) is 7.25. The predicted molar refractivity (Wildman–Crippen MR) is 115 cm³/mol. The van der Waals surface area contributed by atoms with Gasteiger partial charge in [0.05, 0.1) is 23.3 Å². The number of carbonyl (C=O) groups is 1. The van der Waals surface area contributed by atoms with Crippen LogP contribution < -0.4 is 0 Å². The van der Waals surface area contributed by atoms with Gasteiger partial charge in [-0.25, -0.2) is 12.8 Å². The van der Waals surface area contributed by atoms with Crippen molar-refractivity contribution >= 4 is 15.9 Å². The van der Waals surface area contributed by atoms with Crippen LogP contribution >= 0.6 is 0 Å². The zero-order valence-corrected chi connectivity index (χ0v) is 18.3. The highest BCUT2D eigenvalue weighted by molar-refractivity contribution is 7.89. The van der Waals surface area contributed by atoms with E-state index in [1.54, 1.807) is 26.0 Å². The van der Waals surface area contributed by atoms with Crippen LogP contribution in [0.4, 0.5) is 4.39 Å². The number of carbonyl (C=O) groups excluding carboxylic acids is 1. The number of rotatable bonds is 9. The lowest BCUT2D eigenvalue weighted by atomic mass is 10.1. The van der Waals surface area contributed by atoms with E-state index in [9.17, 15) is 17.6 Å². The van der Waals surface area contributed by atoms with Gasteiger partial charge in [-0.15, -0.1) is 0 Å². The molecule has 0 spiro atoms. The average molecular weight is 445 g/mol. The maximum atomic E-state index is 14.7. The number of amides is 1. The maximum absolute atomic E-state index is 14.7. The third-order valence-electron chi connectivity index (χ3n) is 4.94. The van der Waals surface area contributed by atoms with E-state index in [-0.39, 0.29) is 36.6 Å². The van der Waals surface area contributed by atoms with Crippen LogP contribution in [0.5, 0.6) is 0 Å². The summed E-state index contributed by atoms with van der Waals surface area (Å²) in [6, 6.07) is 16.0.